The predicted octanol–water partition coefficient (Wildman–Crippen LogP) is 2.61. The van der Waals surface area contributed by atoms with E-state index >= 15 is 0 Å². The second kappa shape index (κ2) is 8.14. The fourth-order valence-corrected chi connectivity index (χ4v) is 4.02. The molecule has 150 valence electrons. The summed E-state index contributed by atoms with van der Waals surface area (Å²) in [5.41, 5.74) is -1.01. The van der Waals surface area contributed by atoms with Crippen molar-refractivity contribution in [1.29, 1.82) is 0 Å². The van der Waals surface area contributed by atoms with Gasteiger partial charge in [0.15, 0.2) is 0 Å². The Bertz CT molecular complexity index is 985. The largest absolute Gasteiger partial charge is 0.509 e. The number of ether oxygens (including phenoxy) is 1. The van der Waals surface area contributed by atoms with Gasteiger partial charge in [0.1, 0.15) is 33.6 Å². The number of nitrogens with one attached hydrogen (secondary N) is 2. The second-order valence-electron chi connectivity index (χ2n) is 6.40. The SMILES string of the molecule is CCOC(=O)C1=C(O)C(Nc2c(N[C@H](CC)c3ccc(C)o3)c(=O)c2=O)CS1. The van der Waals surface area contributed by atoms with Crippen LogP contribution in [-0.2, 0) is 9.53 Å². The van der Waals surface area contributed by atoms with Crippen LogP contribution in [-0.4, -0.2) is 29.5 Å². The first-order valence-electron chi connectivity index (χ1n) is 9.03. The third kappa shape index (κ3) is 3.66. The molecule has 0 fully saturated rings. The van der Waals surface area contributed by atoms with Gasteiger partial charge in [0.05, 0.1) is 18.7 Å². The lowest BCUT2D eigenvalue weighted by molar-refractivity contribution is -0.137. The molecule has 0 saturated carbocycles. The fourth-order valence-electron chi connectivity index (χ4n) is 2.98. The van der Waals surface area contributed by atoms with Gasteiger partial charge in [-0.3, -0.25) is 9.59 Å². The van der Waals surface area contributed by atoms with E-state index in [9.17, 15) is 19.5 Å². The van der Waals surface area contributed by atoms with E-state index in [1.807, 2.05) is 26.0 Å². The third-order valence-electron chi connectivity index (χ3n) is 4.48. The van der Waals surface area contributed by atoms with E-state index in [0.717, 1.165) is 17.5 Å². The van der Waals surface area contributed by atoms with E-state index < -0.39 is 22.9 Å². The highest BCUT2D eigenvalue weighted by molar-refractivity contribution is 8.04. The molecule has 2 heterocycles. The molecule has 8 nitrogen and oxygen atoms in total. The van der Waals surface area contributed by atoms with Crippen molar-refractivity contribution in [3.8, 4) is 0 Å². The molecule has 1 unspecified atom stereocenters. The van der Waals surface area contributed by atoms with Gasteiger partial charge in [-0.2, -0.15) is 0 Å². The molecule has 2 atom stereocenters. The number of furan rings is 1. The Labute approximate surface area is 165 Å². The highest BCUT2D eigenvalue weighted by Gasteiger charge is 2.34. The number of carbonyl (C=O) groups is 1. The number of aliphatic hydroxyl groups excluding tert-OH is 1. The Hall–Kier alpha value is -2.68. The average molecular weight is 406 g/mol. The number of aryl methyl sites for hydroxylation is 1. The van der Waals surface area contributed by atoms with Gasteiger partial charge in [0, 0.05) is 5.75 Å². The van der Waals surface area contributed by atoms with Crippen LogP contribution < -0.4 is 21.5 Å². The first kappa shape index (κ1) is 20.1. The molecular formula is C19H22N2O6S. The van der Waals surface area contributed by atoms with E-state index in [-0.39, 0.29) is 34.7 Å². The number of aliphatic hydroxyl groups is 1. The van der Waals surface area contributed by atoms with E-state index in [4.69, 9.17) is 9.15 Å². The molecule has 3 rings (SSSR count). The van der Waals surface area contributed by atoms with Crippen molar-refractivity contribution in [3.05, 3.63) is 54.8 Å². The molecule has 0 bridgehead atoms. The Morgan fingerprint density at radius 2 is 2.04 bits per heavy atom. The molecule has 0 amide bonds. The van der Waals surface area contributed by atoms with Crippen LogP contribution in [0.1, 0.15) is 37.8 Å². The van der Waals surface area contributed by atoms with E-state index in [1.54, 1.807) is 6.92 Å². The number of carbonyl (C=O) groups excluding carboxylic acids is 1. The Balaban J connectivity index is 1.78. The van der Waals surface area contributed by atoms with Crippen molar-refractivity contribution in [1.82, 2.24) is 0 Å². The maximum absolute atomic E-state index is 12.1. The molecule has 0 spiro atoms. The zero-order chi connectivity index (χ0) is 20.4. The minimum absolute atomic E-state index is 0.106. The van der Waals surface area contributed by atoms with Gasteiger partial charge in [-0.15, -0.1) is 11.8 Å². The topological polar surface area (TPSA) is 118 Å². The van der Waals surface area contributed by atoms with Crippen LogP contribution in [0.4, 0.5) is 11.4 Å². The monoisotopic (exact) mass is 406 g/mol. The van der Waals surface area contributed by atoms with Crippen LogP contribution in [0, 0.1) is 6.92 Å². The molecule has 9 heteroatoms. The summed E-state index contributed by atoms with van der Waals surface area (Å²) < 4.78 is 10.5. The summed E-state index contributed by atoms with van der Waals surface area (Å²) in [6.07, 6.45) is 0.642. The van der Waals surface area contributed by atoms with E-state index in [0.29, 0.717) is 17.9 Å². The Morgan fingerprint density at radius 1 is 1.32 bits per heavy atom. The van der Waals surface area contributed by atoms with Crippen molar-refractivity contribution in [2.45, 2.75) is 39.3 Å². The number of thioether (sulfide) groups is 1. The normalized spacial score (nSPS) is 17.8. The molecule has 1 aromatic carbocycles. The summed E-state index contributed by atoms with van der Waals surface area (Å²) in [7, 11) is 0. The van der Waals surface area contributed by atoms with Crippen molar-refractivity contribution in [3.63, 3.8) is 0 Å². The van der Waals surface area contributed by atoms with Gasteiger partial charge in [-0.25, -0.2) is 4.79 Å². The number of rotatable bonds is 8. The van der Waals surface area contributed by atoms with Crippen molar-refractivity contribution in [2.75, 3.05) is 23.0 Å². The van der Waals surface area contributed by atoms with Gasteiger partial charge in [0.25, 0.3) is 10.9 Å². The minimum Gasteiger partial charge on any atom is -0.509 e. The number of hydrogen-bond acceptors (Lipinski definition) is 9. The Morgan fingerprint density at radius 3 is 2.64 bits per heavy atom. The van der Waals surface area contributed by atoms with Crippen LogP contribution >= 0.6 is 11.8 Å². The van der Waals surface area contributed by atoms with Crippen LogP contribution in [0.2, 0.25) is 0 Å². The number of anilines is 2. The average Bonchev–Trinajstić information content (AvgIpc) is 3.27. The predicted molar refractivity (Wildman–Crippen MR) is 108 cm³/mol. The van der Waals surface area contributed by atoms with Crippen molar-refractivity contribution < 1.29 is 19.1 Å². The molecule has 28 heavy (non-hydrogen) atoms. The highest BCUT2D eigenvalue weighted by atomic mass is 32.2. The summed E-state index contributed by atoms with van der Waals surface area (Å²) in [5.74, 6) is 0.978. The summed E-state index contributed by atoms with van der Waals surface area (Å²) in [6, 6.07) is 2.73. The van der Waals surface area contributed by atoms with Crippen LogP contribution in [0.5, 0.6) is 0 Å². The molecule has 1 aliphatic rings. The first-order chi connectivity index (χ1) is 13.4. The first-order valence-corrected chi connectivity index (χ1v) is 10.0. The molecule has 0 saturated heterocycles. The Kier molecular flexibility index (Phi) is 5.83. The second-order valence-corrected chi connectivity index (χ2v) is 7.43. The quantitative estimate of drug-likeness (QED) is 0.449. The highest BCUT2D eigenvalue weighted by Crippen LogP contribution is 2.34. The standard InChI is InChI=1S/C19H22N2O6S/c1-4-10(12-7-6-9(3)27-12)20-13-14(17(24)16(13)23)21-11-8-28-18(15(11)22)19(25)26-5-2/h6-7,10-11,20-22H,4-5,8H2,1-3H3/t10-,11?/m1/s1. The summed E-state index contributed by atoms with van der Waals surface area (Å²) in [4.78, 5) is 36.1. The van der Waals surface area contributed by atoms with Gasteiger partial charge in [0.2, 0.25) is 0 Å². The lowest BCUT2D eigenvalue weighted by Gasteiger charge is -2.22. The molecular weight excluding hydrogens is 384 g/mol. The zero-order valence-corrected chi connectivity index (χ0v) is 16.6. The number of esters is 1. The van der Waals surface area contributed by atoms with E-state index in [1.165, 1.54) is 0 Å². The van der Waals surface area contributed by atoms with E-state index in [2.05, 4.69) is 10.6 Å². The van der Waals surface area contributed by atoms with Crippen LogP contribution in [0.15, 0.2) is 36.8 Å². The lowest BCUT2D eigenvalue weighted by atomic mass is 10.1. The van der Waals surface area contributed by atoms with Gasteiger partial charge < -0.3 is 24.9 Å². The van der Waals surface area contributed by atoms with Gasteiger partial charge in [-0.1, -0.05) is 6.92 Å². The summed E-state index contributed by atoms with van der Waals surface area (Å²) >= 11 is 1.14. The summed E-state index contributed by atoms with van der Waals surface area (Å²) in [6.45, 7) is 5.64. The fraction of sp³-hybridized carbons (Fsp3) is 0.421. The molecule has 3 N–H and O–H groups in total. The van der Waals surface area contributed by atoms with Crippen molar-refractivity contribution >= 4 is 29.1 Å². The summed E-state index contributed by atoms with van der Waals surface area (Å²) in [5, 5.41) is 16.3. The van der Waals surface area contributed by atoms with Gasteiger partial charge >= 0.3 is 5.97 Å². The maximum atomic E-state index is 12.1. The third-order valence-corrected chi connectivity index (χ3v) is 5.64. The molecule has 2 aromatic rings. The molecule has 1 aliphatic heterocycles. The smallest absolute Gasteiger partial charge is 0.348 e. The van der Waals surface area contributed by atoms with Gasteiger partial charge in [-0.05, 0) is 32.4 Å². The van der Waals surface area contributed by atoms with Crippen LogP contribution in [0.25, 0.3) is 0 Å². The minimum atomic E-state index is -0.657. The number of hydrogen-bond donors (Lipinski definition) is 3. The molecule has 1 aromatic heterocycles. The maximum Gasteiger partial charge on any atom is 0.348 e. The molecule has 0 aliphatic carbocycles. The van der Waals surface area contributed by atoms with Crippen LogP contribution in [0.3, 0.4) is 0 Å². The lowest BCUT2D eigenvalue weighted by Crippen LogP contribution is -2.40. The zero-order valence-electron chi connectivity index (χ0n) is 15.8. The molecule has 0 radical (unpaired) electrons. The van der Waals surface area contributed by atoms with Crippen molar-refractivity contribution in [2.24, 2.45) is 0 Å².